The number of fused-ring (bicyclic) bond motifs is 5. The molecule has 4 aromatic rings. The van der Waals surface area contributed by atoms with E-state index in [1.807, 2.05) is 0 Å². The van der Waals surface area contributed by atoms with Crippen LogP contribution in [-0.4, -0.2) is 147 Å². The predicted molar refractivity (Wildman–Crippen MR) is 272 cm³/mol. The molecule has 2 aromatic heterocycles. The topological polar surface area (TPSA) is 334 Å². The third kappa shape index (κ3) is 12.1. The van der Waals surface area contributed by atoms with Crippen LogP contribution in [0.5, 0.6) is 0 Å². The predicted octanol–water partition coefficient (Wildman–Crippen LogP) is -1.09. The van der Waals surface area contributed by atoms with Crippen LogP contribution < -0.4 is 37.5 Å². The molecule has 3 aliphatic heterocycles. The number of benzene rings is 2. The van der Waals surface area contributed by atoms with Gasteiger partial charge in [-0.05, 0) is 60.9 Å². The molecular weight excluding hydrogens is 1020 g/mol. The molecule has 0 radical (unpaired) electrons. The van der Waals surface area contributed by atoms with E-state index in [0.717, 1.165) is 27.5 Å². The number of pyridine rings is 2. The number of aliphatic hydroxyl groups is 1. The second-order valence-electron chi connectivity index (χ2n) is 19.3. The van der Waals surface area contributed by atoms with E-state index in [9.17, 15) is 63.0 Å². The SMILES string of the molecule is CC[C@@]1(O)C(=O)OCc2c1cc1n(c2=O)Cc2c-1nc1cc(F)c(C)c3c1c2[C@@H](NC(=O)CCCNC(=O)CNC(=O)[C@H](Cc1ccccc1)NC(=O)CNC(=O)CNC(=O)CN(CCN1C(=O)C=CC1=O)CC(=O)O)CC3. The van der Waals surface area contributed by atoms with Gasteiger partial charge in [0.2, 0.25) is 35.4 Å². The third-order valence-electron chi connectivity index (χ3n) is 14.1. The number of esters is 1. The molecule has 8 N–H and O–H groups in total. The van der Waals surface area contributed by atoms with Crippen LogP contribution in [0.2, 0.25) is 0 Å². The summed E-state index contributed by atoms with van der Waals surface area (Å²) in [6, 6.07) is 9.79. The van der Waals surface area contributed by atoms with Crippen molar-refractivity contribution in [1.29, 1.82) is 0 Å². The van der Waals surface area contributed by atoms with Crippen LogP contribution in [0.15, 0.2) is 59.4 Å². The fourth-order valence-electron chi connectivity index (χ4n) is 10.1. The van der Waals surface area contributed by atoms with E-state index in [0.29, 0.717) is 57.4 Å². The Morgan fingerprint density at radius 3 is 2.28 bits per heavy atom. The number of carbonyl (C=O) groups is 10. The molecule has 0 saturated heterocycles. The largest absolute Gasteiger partial charge is 0.480 e. The number of aryl methyl sites for hydroxylation is 1. The molecule has 25 heteroatoms. The van der Waals surface area contributed by atoms with Crippen LogP contribution in [0.4, 0.5) is 4.39 Å². The third-order valence-corrected chi connectivity index (χ3v) is 14.1. The summed E-state index contributed by atoms with van der Waals surface area (Å²) < 4.78 is 22.1. The normalized spacial score (nSPS) is 17.2. The van der Waals surface area contributed by atoms with Crippen LogP contribution in [0.3, 0.4) is 0 Å². The Labute approximate surface area is 444 Å². The molecule has 0 spiro atoms. The van der Waals surface area contributed by atoms with Crippen LogP contribution in [-0.2, 0) is 84.3 Å². The summed E-state index contributed by atoms with van der Waals surface area (Å²) in [4.78, 5) is 147. The molecule has 0 fully saturated rings. The Balaban J connectivity index is 0.816. The van der Waals surface area contributed by atoms with Gasteiger partial charge in [-0.2, -0.15) is 0 Å². The summed E-state index contributed by atoms with van der Waals surface area (Å²) in [5.41, 5.74) is 1.97. The summed E-state index contributed by atoms with van der Waals surface area (Å²) in [6.07, 6.45) is 3.11. The van der Waals surface area contributed by atoms with Gasteiger partial charge < -0.3 is 51.4 Å². The average Bonchev–Trinajstić information content (AvgIpc) is 4.09. The summed E-state index contributed by atoms with van der Waals surface area (Å²) in [7, 11) is 0. The maximum absolute atomic E-state index is 15.4. The number of cyclic esters (lactones) is 1. The smallest absolute Gasteiger partial charge is 0.343 e. The van der Waals surface area contributed by atoms with E-state index in [2.05, 4.69) is 31.9 Å². The second-order valence-corrected chi connectivity index (χ2v) is 19.3. The van der Waals surface area contributed by atoms with Gasteiger partial charge in [-0.25, -0.2) is 14.2 Å². The lowest BCUT2D eigenvalue weighted by atomic mass is 9.81. The summed E-state index contributed by atoms with van der Waals surface area (Å²) in [5, 5.41) is 36.8. The van der Waals surface area contributed by atoms with Gasteiger partial charge in [-0.1, -0.05) is 37.3 Å². The molecule has 410 valence electrons. The first-order valence-corrected chi connectivity index (χ1v) is 25.3. The van der Waals surface area contributed by atoms with E-state index < -0.39 is 115 Å². The summed E-state index contributed by atoms with van der Waals surface area (Å²) >= 11 is 0. The Bertz CT molecular complexity index is 3240. The number of hydrogen-bond acceptors (Lipinski definition) is 15. The highest BCUT2D eigenvalue weighted by Crippen LogP contribution is 2.46. The number of hydrogen-bond donors (Lipinski definition) is 8. The lowest BCUT2D eigenvalue weighted by molar-refractivity contribution is -0.172. The molecule has 24 nitrogen and oxygen atoms in total. The zero-order valence-electron chi connectivity index (χ0n) is 42.6. The Kier molecular flexibility index (Phi) is 16.8. The lowest BCUT2D eigenvalue weighted by Crippen LogP contribution is -2.52. The van der Waals surface area contributed by atoms with Crippen molar-refractivity contribution in [2.45, 2.75) is 83.2 Å². The van der Waals surface area contributed by atoms with E-state index in [4.69, 9.17) is 9.72 Å². The van der Waals surface area contributed by atoms with Gasteiger partial charge in [0, 0.05) is 67.2 Å². The van der Waals surface area contributed by atoms with Crippen LogP contribution in [0, 0.1) is 12.7 Å². The first-order valence-electron chi connectivity index (χ1n) is 25.3. The van der Waals surface area contributed by atoms with Gasteiger partial charge in [-0.15, -0.1) is 0 Å². The van der Waals surface area contributed by atoms with Gasteiger partial charge in [0.05, 0.1) is 67.8 Å². The maximum atomic E-state index is 15.4. The van der Waals surface area contributed by atoms with Gasteiger partial charge in [0.1, 0.15) is 18.5 Å². The minimum Gasteiger partial charge on any atom is -0.480 e. The Morgan fingerprint density at radius 1 is 0.872 bits per heavy atom. The molecule has 5 heterocycles. The van der Waals surface area contributed by atoms with Crippen LogP contribution in [0.1, 0.15) is 77.6 Å². The molecule has 0 bridgehead atoms. The highest BCUT2D eigenvalue weighted by molar-refractivity contribution is 6.13. The number of carbonyl (C=O) groups excluding carboxylic acids is 9. The first-order chi connectivity index (χ1) is 37.3. The summed E-state index contributed by atoms with van der Waals surface area (Å²) in [6.45, 7) is -0.00693. The van der Waals surface area contributed by atoms with E-state index in [1.54, 1.807) is 50.2 Å². The number of halogens is 1. The standard InChI is InChI=1S/C53H57FN10O14/c1-3-53(77)33-19-38-49-31(24-64(38)51(75)32(33)27-78-52(53)76)48-35(12-11-30-28(2)34(54)20-36(61-49)47(30)48)59-39(65)10-7-15-55-40(66)22-58-50(74)37(18-29-8-5-4-6-9-29)60-42(68)23-56-41(67)21-57-43(69)25-62(26-46(72)73)16-17-63-44(70)13-14-45(63)71/h4-6,8-9,13-14,19-20,35,37,77H,3,7,10-12,15-18,21-27H2,1-2H3,(H,55,66)(H,56,67)(H,57,69)(H,58,74)(H,59,65)(H,60,68)(H,72,73)/t35-,37-,53-/m0/s1. The molecular formula is C53H57FN10O14. The highest BCUT2D eigenvalue weighted by atomic mass is 19.1. The molecule has 8 amide bonds. The molecule has 78 heavy (non-hydrogen) atoms. The lowest BCUT2D eigenvalue weighted by Gasteiger charge is -2.31. The first kappa shape index (κ1) is 55.5. The van der Waals surface area contributed by atoms with Crippen LogP contribution in [0.25, 0.3) is 22.3 Å². The number of aromatic nitrogens is 2. The minimum atomic E-state index is -2.05. The fraction of sp³-hybridized carbons (Fsp3) is 0.396. The highest BCUT2D eigenvalue weighted by Gasteiger charge is 2.46. The van der Waals surface area contributed by atoms with Gasteiger partial charge in [0.15, 0.2) is 5.60 Å². The summed E-state index contributed by atoms with van der Waals surface area (Å²) in [5.74, 6) is -7.73. The zero-order valence-corrected chi connectivity index (χ0v) is 42.6. The van der Waals surface area contributed by atoms with Crippen molar-refractivity contribution in [3.05, 3.63) is 110 Å². The Morgan fingerprint density at radius 2 is 1.56 bits per heavy atom. The molecule has 4 aliphatic rings. The zero-order chi connectivity index (χ0) is 56.0. The molecule has 2 aromatic carbocycles. The molecule has 8 rings (SSSR count). The van der Waals surface area contributed by atoms with Crippen molar-refractivity contribution in [1.82, 2.24) is 51.3 Å². The van der Waals surface area contributed by atoms with Crippen molar-refractivity contribution in [3.8, 4) is 11.4 Å². The van der Waals surface area contributed by atoms with Crippen molar-refractivity contribution >= 4 is 70.1 Å². The molecule has 1 aliphatic carbocycles. The number of aliphatic carboxylic acids is 1. The fourth-order valence-corrected chi connectivity index (χ4v) is 10.1. The molecule has 0 unspecified atom stereocenters. The van der Waals surface area contributed by atoms with Crippen molar-refractivity contribution in [2.24, 2.45) is 0 Å². The second kappa shape index (κ2) is 23.7. The number of ether oxygens (including phenoxy) is 1. The van der Waals surface area contributed by atoms with E-state index in [1.165, 1.54) is 10.6 Å². The number of imide groups is 1. The van der Waals surface area contributed by atoms with Gasteiger partial charge in [-0.3, -0.25) is 57.7 Å². The van der Waals surface area contributed by atoms with Crippen molar-refractivity contribution in [2.75, 3.05) is 52.4 Å². The van der Waals surface area contributed by atoms with Crippen molar-refractivity contribution in [3.63, 3.8) is 0 Å². The van der Waals surface area contributed by atoms with Crippen LogP contribution >= 0.6 is 0 Å². The molecule has 0 saturated carbocycles. The van der Waals surface area contributed by atoms with Gasteiger partial charge in [0.25, 0.3) is 17.4 Å². The number of rotatable bonds is 23. The van der Waals surface area contributed by atoms with Crippen molar-refractivity contribution < 1.29 is 67.3 Å². The van der Waals surface area contributed by atoms with E-state index >= 15 is 4.39 Å². The quantitative estimate of drug-likeness (QED) is 0.0219. The minimum absolute atomic E-state index is 0.00763. The number of nitrogens with one attached hydrogen (secondary N) is 6. The maximum Gasteiger partial charge on any atom is 0.343 e. The Hall–Kier alpha value is -8.71. The number of nitrogens with zero attached hydrogens (tertiary/aromatic N) is 4. The van der Waals surface area contributed by atoms with E-state index in [-0.39, 0.29) is 75.5 Å². The number of carboxylic acid groups (broad SMARTS) is 1. The average molecular weight is 1080 g/mol. The number of carboxylic acids is 1. The molecule has 3 atom stereocenters. The monoisotopic (exact) mass is 1080 g/mol. The van der Waals surface area contributed by atoms with Gasteiger partial charge >= 0.3 is 11.9 Å². The number of amides is 8.